The predicted molar refractivity (Wildman–Crippen MR) is 93.5 cm³/mol. The molecule has 0 N–H and O–H groups in total. The molecule has 0 aromatic rings. The topological polar surface area (TPSA) is 6.48 Å². The molecule has 2 aliphatic rings. The average Bonchev–Trinajstić information content (AvgIpc) is 1.88. The summed E-state index contributed by atoms with van der Waals surface area (Å²) in [6.45, 7) is 25.2. The first-order chi connectivity index (χ1) is 8.15. The summed E-state index contributed by atoms with van der Waals surface area (Å²) in [5.41, 5.74) is 0.802. The van der Waals surface area contributed by atoms with Crippen molar-refractivity contribution in [2.24, 2.45) is 0 Å². The molecule has 19 heavy (non-hydrogen) atoms. The van der Waals surface area contributed by atoms with Crippen LogP contribution in [0.5, 0.6) is 0 Å². The Balaban J connectivity index is 2.41. The fraction of sp³-hybridized carbons (Fsp3) is 1.00. The van der Waals surface area contributed by atoms with Crippen LogP contribution in [0.3, 0.4) is 0 Å². The van der Waals surface area contributed by atoms with Crippen molar-refractivity contribution in [3.05, 3.63) is 0 Å². The van der Waals surface area contributed by atoms with E-state index in [-0.39, 0.29) is 0 Å². The molecule has 2 saturated heterocycles. The Bertz CT molecular complexity index is 335. The van der Waals surface area contributed by atoms with Crippen LogP contribution in [0.25, 0.3) is 0 Å². The van der Waals surface area contributed by atoms with Crippen LogP contribution in [0.4, 0.5) is 0 Å². The van der Waals surface area contributed by atoms with E-state index < -0.39 is 35.4 Å². The van der Waals surface area contributed by atoms with E-state index in [9.17, 15) is 0 Å². The number of hydrogen-bond donors (Lipinski definition) is 0. The Morgan fingerprint density at radius 1 is 0.684 bits per heavy atom. The Hall–Kier alpha value is 1.15. The van der Waals surface area contributed by atoms with Crippen LogP contribution in [0.15, 0.2) is 0 Å². The van der Waals surface area contributed by atoms with Gasteiger partial charge in [0, 0.05) is 0 Å². The van der Waals surface area contributed by atoms with E-state index >= 15 is 0 Å². The first-order valence-electron chi connectivity index (χ1n) is 7.76. The molecule has 0 aromatic heterocycles. The van der Waals surface area contributed by atoms with Gasteiger partial charge in [-0.3, -0.25) is 0 Å². The molecule has 112 valence electrons. The molecule has 0 bridgehead atoms. The van der Waals surface area contributed by atoms with Gasteiger partial charge in [-0.2, -0.15) is 0 Å². The van der Waals surface area contributed by atoms with Crippen molar-refractivity contribution in [1.29, 1.82) is 0 Å². The van der Waals surface area contributed by atoms with Gasteiger partial charge in [-0.05, 0) is 0 Å². The monoisotopic (exact) mass is 406 g/mol. The standard InChI is InChI=1S/2C7H17NSi.Sn/c2*1-7(2,3)8-9(4,5)6;/h2*4H2,1-3,5-6H3;/q2*-1;+2. The molecule has 0 aromatic carbocycles. The van der Waals surface area contributed by atoms with Crippen LogP contribution in [0.2, 0.25) is 34.3 Å². The normalized spacial score (nSPS) is 30.0. The Morgan fingerprint density at radius 3 is 1.11 bits per heavy atom. The summed E-state index contributed by atoms with van der Waals surface area (Å²) in [6.07, 6.45) is 0. The van der Waals surface area contributed by atoms with Crippen molar-refractivity contribution in [2.75, 3.05) is 0 Å². The third-order valence-corrected chi connectivity index (χ3v) is 60.5. The van der Waals surface area contributed by atoms with Crippen LogP contribution in [-0.4, -0.2) is 52.0 Å². The summed E-state index contributed by atoms with van der Waals surface area (Å²) in [5.74, 6) is 0. The molecule has 0 radical (unpaired) electrons. The van der Waals surface area contributed by atoms with E-state index in [1.807, 2.05) is 0 Å². The molecule has 0 unspecified atom stereocenters. The molecule has 2 heterocycles. The van der Waals surface area contributed by atoms with E-state index in [0.717, 1.165) is 0 Å². The minimum atomic E-state index is -2.17. The molecule has 2 rings (SSSR count). The van der Waals surface area contributed by atoms with Gasteiger partial charge in [0.05, 0.1) is 0 Å². The second-order valence-electron chi connectivity index (χ2n) is 9.97. The van der Waals surface area contributed by atoms with Gasteiger partial charge in [0.1, 0.15) is 0 Å². The molecule has 0 amide bonds. The maximum absolute atomic E-state index is 3.15. The van der Waals surface area contributed by atoms with Crippen LogP contribution in [-0.2, 0) is 0 Å². The average molecular weight is 405 g/mol. The van der Waals surface area contributed by atoms with Gasteiger partial charge in [-0.25, -0.2) is 0 Å². The van der Waals surface area contributed by atoms with Crippen molar-refractivity contribution in [2.45, 2.75) is 86.9 Å². The SMILES string of the molecule is CC(C)(C)[N]1[Si](C)(C)[CH2][Sn]12[CH2][Si](C)(C)[N]2C(C)(C)C. The molecular formula is C14H34N2Si2Sn. The van der Waals surface area contributed by atoms with Gasteiger partial charge in [0.25, 0.3) is 0 Å². The molecular weight excluding hydrogens is 371 g/mol. The van der Waals surface area contributed by atoms with E-state index in [2.05, 4.69) is 73.3 Å². The van der Waals surface area contributed by atoms with E-state index in [1.165, 1.54) is 0 Å². The Morgan fingerprint density at radius 2 is 0.947 bits per heavy atom. The zero-order chi connectivity index (χ0) is 15.1. The number of nitrogens with zero attached hydrogens (tertiary/aromatic N) is 2. The van der Waals surface area contributed by atoms with Crippen LogP contribution in [0, 0.1) is 0 Å². The van der Waals surface area contributed by atoms with Crippen molar-refractivity contribution < 1.29 is 0 Å². The van der Waals surface area contributed by atoms with Gasteiger partial charge in [-0.15, -0.1) is 0 Å². The second kappa shape index (κ2) is 4.12. The summed E-state index contributed by atoms with van der Waals surface area (Å²) in [7, 11) is -2.19. The van der Waals surface area contributed by atoms with E-state index in [4.69, 9.17) is 0 Å². The molecule has 2 fully saturated rings. The van der Waals surface area contributed by atoms with Crippen molar-refractivity contribution in [3.63, 3.8) is 0 Å². The summed E-state index contributed by atoms with van der Waals surface area (Å²) >= 11 is -2.17. The molecule has 0 aliphatic carbocycles. The first-order valence-corrected chi connectivity index (χ1v) is 20.7. The minimum absolute atomic E-state index is 0.401. The van der Waals surface area contributed by atoms with Crippen LogP contribution in [0.1, 0.15) is 41.5 Å². The van der Waals surface area contributed by atoms with E-state index in [1.54, 1.807) is 8.12 Å². The fourth-order valence-electron chi connectivity index (χ4n) is 6.03. The first kappa shape index (κ1) is 16.5. The predicted octanol–water partition coefficient (Wildman–Crippen LogP) is 4.15. The van der Waals surface area contributed by atoms with Crippen molar-refractivity contribution in [1.82, 2.24) is 5.57 Å². The number of rotatable bonds is 0. The van der Waals surface area contributed by atoms with Crippen LogP contribution < -0.4 is 0 Å². The fourth-order valence-corrected chi connectivity index (χ4v) is 79.9. The van der Waals surface area contributed by atoms with Crippen molar-refractivity contribution in [3.8, 4) is 0 Å². The molecule has 2 nitrogen and oxygen atoms in total. The van der Waals surface area contributed by atoms with Gasteiger partial charge >= 0.3 is 128 Å². The molecule has 2 aliphatic heterocycles. The summed E-state index contributed by atoms with van der Waals surface area (Å²) in [5, 5.41) is 0. The molecule has 0 saturated carbocycles. The molecule has 0 atom stereocenters. The zero-order valence-corrected chi connectivity index (χ0v) is 19.7. The maximum atomic E-state index is 3.15. The molecule has 1 spiro atoms. The third-order valence-electron chi connectivity index (χ3n) is 4.82. The number of hydrogen-bond acceptors (Lipinski definition) is 2. The third kappa shape index (κ3) is 2.33. The Kier molecular flexibility index (Phi) is 3.58. The Labute approximate surface area is 127 Å². The summed E-state index contributed by atoms with van der Waals surface area (Å²) < 4.78 is 9.65. The van der Waals surface area contributed by atoms with Gasteiger partial charge in [-0.1, -0.05) is 0 Å². The van der Waals surface area contributed by atoms with E-state index in [0.29, 0.717) is 11.1 Å². The van der Waals surface area contributed by atoms with Gasteiger partial charge in [0.15, 0.2) is 0 Å². The van der Waals surface area contributed by atoms with Gasteiger partial charge in [0.2, 0.25) is 0 Å². The van der Waals surface area contributed by atoms with Crippen molar-refractivity contribution >= 4 is 35.4 Å². The zero-order valence-electron chi connectivity index (χ0n) is 14.8. The van der Waals surface area contributed by atoms with Gasteiger partial charge < -0.3 is 0 Å². The van der Waals surface area contributed by atoms with Crippen LogP contribution >= 0.6 is 0 Å². The summed E-state index contributed by atoms with van der Waals surface area (Å²) in [4.78, 5) is 0. The summed E-state index contributed by atoms with van der Waals surface area (Å²) in [6, 6.07) is 0. The molecule has 5 heteroatoms. The second-order valence-corrected chi connectivity index (χ2v) is 35.6. The quantitative estimate of drug-likeness (QED) is 0.559.